The Morgan fingerprint density at radius 1 is 1.44 bits per heavy atom. The van der Waals surface area contributed by atoms with Crippen molar-refractivity contribution in [3.05, 3.63) is 22.7 Å². The number of carbonyl (C=O) groups is 2. The number of halogens is 1. The summed E-state index contributed by atoms with van der Waals surface area (Å²) in [6, 6.07) is 4.16. The lowest BCUT2D eigenvalue weighted by Gasteiger charge is -2.09. The van der Waals surface area contributed by atoms with Crippen LogP contribution in [0.5, 0.6) is 5.75 Å². The van der Waals surface area contributed by atoms with Gasteiger partial charge in [0.15, 0.2) is 12.4 Å². The number of nitrogens with one attached hydrogen (secondary N) is 1. The van der Waals surface area contributed by atoms with E-state index in [1.165, 1.54) is 0 Å². The molecule has 0 aliphatic heterocycles. The number of amides is 3. The number of para-hydroxylation sites is 1. The Morgan fingerprint density at radius 3 is 2.69 bits per heavy atom. The molecule has 0 saturated heterocycles. The summed E-state index contributed by atoms with van der Waals surface area (Å²) in [6.45, 7) is -0.338. The molecule has 1 aromatic rings. The van der Waals surface area contributed by atoms with Gasteiger partial charge in [0.25, 0.3) is 5.91 Å². The molecule has 0 spiro atoms. The number of anilines is 1. The lowest BCUT2D eigenvalue weighted by Crippen LogP contribution is -2.38. The predicted octanol–water partition coefficient (Wildman–Crippen LogP) is 0.605. The van der Waals surface area contributed by atoms with Crippen LogP contribution in [0.25, 0.3) is 0 Å². The smallest absolute Gasteiger partial charge is 0.318 e. The first-order chi connectivity index (χ1) is 7.50. The molecule has 0 radical (unpaired) electrons. The van der Waals surface area contributed by atoms with Gasteiger partial charge in [-0.3, -0.25) is 10.1 Å². The number of benzene rings is 1. The summed E-state index contributed by atoms with van der Waals surface area (Å²) in [6.07, 6.45) is 0. The fraction of sp³-hybridized carbons (Fsp3) is 0.111. The minimum absolute atomic E-state index is 0.338. The van der Waals surface area contributed by atoms with Crippen LogP contribution in [-0.4, -0.2) is 18.5 Å². The van der Waals surface area contributed by atoms with Crippen LogP contribution in [0.3, 0.4) is 0 Å². The third kappa shape index (κ3) is 3.43. The summed E-state index contributed by atoms with van der Waals surface area (Å²) in [5.74, 6) is -0.287. The van der Waals surface area contributed by atoms with Gasteiger partial charge in [-0.05, 0) is 28.1 Å². The highest BCUT2D eigenvalue weighted by atomic mass is 79.9. The molecule has 0 unspecified atom stereocenters. The highest BCUT2D eigenvalue weighted by Crippen LogP contribution is 2.30. The third-order valence-corrected chi connectivity index (χ3v) is 2.23. The van der Waals surface area contributed by atoms with Crippen LogP contribution in [0.2, 0.25) is 0 Å². The van der Waals surface area contributed by atoms with Crippen molar-refractivity contribution in [2.75, 3.05) is 12.3 Å². The fourth-order valence-electron chi connectivity index (χ4n) is 0.989. The number of hydrogen-bond acceptors (Lipinski definition) is 4. The number of primary amides is 1. The second-order valence-electron chi connectivity index (χ2n) is 2.86. The quantitative estimate of drug-likeness (QED) is 0.708. The number of nitrogens with two attached hydrogens (primary N) is 2. The average molecular weight is 288 g/mol. The molecule has 0 bridgehead atoms. The van der Waals surface area contributed by atoms with Crippen LogP contribution >= 0.6 is 15.9 Å². The zero-order chi connectivity index (χ0) is 12.1. The zero-order valence-corrected chi connectivity index (χ0v) is 9.78. The van der Waals surface area contributed by atoms with Crippen molar-refractivity contribution in [2.24, 2.45) is 5.73 Å². The van der Waals surface area contributed by atoms with E-state index >= 15 is 0 Å². The van der Waals surface area contributed by atoms with Gasteiger partial charge < -0.3 is 16.2 Å². The van der Waals surface area contributed by atoms with E-state index in [2.05, 4.69) is 15.9 Å². The molecule has 0 fully saturated rings. The largest absolute Gasteiger partial charge is 0.480 e. The fourth-order valence-corrected chi connectivity index (χ4v) is 1.49. The maximum atomic E-state index is 11.1. The molecule has 7 heteroatoms. The number of urea groups is 1. The molecule has 1 aromatic carbocycles. The first-order valence-electron chi connectivity index (χ1n) is 4.26. The van der Waals surface area contributed by atoms with Crippen molar-refractivity contribution >= 4 is 33.6 Å². The minimum atomic E-state index is -0.923. The van der Waals surface area contributed by atoms with E-state index in [4.69, 9.17) is 16.2 Å². The van der Waals surface area contributed by atoms with Gasteiger partial charge >= 0.3 is 6.03 Å². The van der Waals surface area contributed by atoms with Crippen LogP contribution in [0, 0.1) is 0 Å². The highest BCUT2D eigenvalue weighted by Gasteiger charge is 2.09. The van der Waals surface area contributed by atoms with Crippen molar-refractivity contribution in [2.45, 2.75) is 0 Å². The molecule has 0 heterocycles. The predicted molar refractivity (Wildman–Crippen MR) is 61.8 cm³/mol. The monoisotopic (exact) mass is 287 g/mol. The van der Waals surface area contributed by atoms with Gasteiger partial charge in [-0.2, -0.15) is 0 Å². The summed E-state index contributed by atoms with van der Waals surface area (Å²) in [5, 5.41) is 1.87. The van der Waals surface area contributed by atoms with Crippen LogP contribution < -0.4 is 21.5 Å². The van der Waals surface area contributed by atoms with Crippen molar-refractivity contribution < 1.29 is 14.3 Å². The maximum Gasteiger partial charge on any atom is 0.318 e. The number of imide groups is 1. The second-order valence-corrected chi connectivity index (χ2v) is 3.71. The van der Waals surface area contributed by atoms with E-state index in [1.807, 2.05) is 5.32 Å². The van der Waals surface area contributed by atoms with E-state index in [0.29, 0.717) is 15.9 Å². The molecule has 0 aromatic heterocycles. The normalized spacial score (nSPS) is 9.56. The zero-order valence-electron chi connectivity index (χ0n) is 8.20. The Labute approximate surface area is 100 Å². The van der Waals surface area contributed by atoms with Crippen molar-refractivity contribution in [3.8, 4) is 5.75 Å². The van der Waals surface area contributed by atoms with Gasteiger partial charge in [-0.25, -0.2) is 4.79 Å². The van der Waals surface area contributed by atoms with Crippen molar-refractivity contribution in [1.29, 1.82) is 0 Å². The molecule has 3 amide bonds. The summed E-state index contributed by atoms with van der Waals surface area (Å²) < 4.78 is 5.76. The van der Waals surface area contributed by atoms with Gasteiger partial charge in [0.1, 0.15) is 0 Å². The SMILES string of the molecule is NC(=O)NC(=O)COc1c(N)cccc1Br. The number of hydrogen-bond donors (Lipinski definition) is 3. The topological polar surface area (TPSA) is 107 Å². The van der Waals surface area contributed by atoms with E-state index in [1.54, 1.807) is 18.2 Å². The Hall–Kier alpha value is -1.76. The summed E-state index contributed by atoms with van der Waals surface area (Å²) in [4.78, 5) is 21.4. The first-order valence-corrected chi connectivity index (χ1v) is 5.06. The second kappa shape index (κ2) is 5.36. The lowest BCUT2D eigenvalue weighted by atomic mass is 10.3. The number of carbonyl (C=O) groups excluding carboxylic acids is 2. The van der Waals surface area contributed by atoms with Gasteiger partial charge in [0.05, 0.1) is 10.2 Å². The standard InChI is InChI=1S/C9H10BrN3O3/c10-5-2-1-3-6(11)8(5)16-4-7(14)13-9(12)15/h1-3H,4,11H2,(H3,12,13,14,15). The molecule has 1 rings (SSSR count). The molecule has 0 atom stereocenters. The Balaban J connectivity index is 2.61. The highest BCUT2D eigenvalue weighted by molar-refractivity contribution is 9.10. The van der Waals surface area contributed by atoms with Crippen LogP contribution in [0.15, 0.2) is 22.7 Å². The molecule has 16 heavy (non-hydrogen) atoms. The van der Waals surface area contributed by atoms with Gasteiger partial charge in [-0.1, -0.05) is 6.07 Å². The molecule has 0 saturated carbocycles. The number of ether oxygens (including phenoxy) is 1. The molecule has 6 nitrogen and oxygen atoms in total. The summed E-state index contributed by atoms with van der Waals surface area (Å²) >= 11 is 3.22. The molecule has 86 valence electrons. The van der Waals surface area contributed by atoms with Crippen LogP contribution in [0.1, 0.15) is 0 Å². The molecular weight excluding hydrogens is 278 g/mol. The number of rotatable bonds is 3. The maximum absolute atomic E-state index is 11.1. The van der Waals surface area contributed by atoms with Gasteiger partial charge in [-0.15, -0.1) is 0 Å². The summed E-state index contributed by atoms with van der Waals surface area (Å²) in [5.41, 5.74) is 10.8. The summed E-state index contributed by atoms with van der Waals surface area (Å²) in [7, 11) is 0. The van der Waals surface area contributed by atoms with Crippen molar-refractivity contribution in [1.82, 2.24) is 5.32 Å². The van der Waals surface area contributed by atoms with E-state index in [9.17, 15) is 9.59 Å². The Morgan fingerprint density at radius 2 is 2.12 bits per heavy atom. The van der Waals surface area contributed by atoms with E-state index in [-0.39, 0.29) is 6.61 Å². The average Bonchev–Trinajstić information content (AvgIpc) is 2.15. The Bertz CT molecular complexity index is 402. The van der Waals surface area contributed by atoms with Gasteiger partial charge in [0, 0.05) is 0 Å². The first kappa shape index (κ1) is 12.3. The van der Waals surface area contributed by atoms with E-state index < -0.39 is 11.9 Å². The molecule has 0 aliphatic carbocycles. The molecular formula is C9H10BrN3O3. The minimum Gasteiger partial charge on any atom is -0.480 e. The van der Waals surface area contributed by atoms with Crippen molar-refractivity contribution in [3.63, 3.8) is 0 Å². The Kier molecular flexibility index (Phi) is 4.12. The van der Waals surface area contributed by atoms with Gasteiger partial charge in [0.2, 0.25) is 0 Å². The van der Waals surface area contributed by atoms with Crippen LogP contribution in [0.4, 0.5) is 10.5 Å². The molecule has 5 N–H and O–H groups in total. The lowest BCUT2D eigenvalue weighted by molar-refractivity contribution is -0.121. The van der Waals surface area contributed by atoms with E-state index in [0.717, 1.165) is 0 Å². The van der Waals surface area contributed by atoms with Crippen LogP contribution in [-0.2, 0) is 4.79 Å². The number of nitrogen functional groups attached to an aromatic ring is 1. The third-order valence-electron chi connectivity index (χ3n) is 1.61. The molecule has 0 aliphatic rings.